The minimum atomic E-state index is -1.30. The van der Waals surface area contributed by atoms with Gasteiger partial charge >= 0.3 is 5.97 Å². The molecule has 44 heavy (non-hydrogen) atoms. The van der Waals surface area contributed by atoms with Crippen molar-refractivity contribution >= 4 is 23.9 Å². The van der Waals surface area contributed by atoms with Crippen molar-refractivity contribution in [1.29, 1.82) is 0 Å². The van der Waals surface area contributed by atoms with Gasteiger partial charge in [0, 0.05) is 19.5 Å². The first-order valence-electron chi connectivity index (χ1n) is 16.0. The average molecular weight is 610 g/mol. The molecule has 10 unspecified atom stereocenters. The standard InChI is InChI=1S/C32H39N3O9/c36-12-10-33-29(37)21-5-2-11-34(21)31(39)32-15-24-25-26(41-17-40-25)28(32)44-35(27(32)30(38)43-24)16-20-4-1-3-18(13-20)6-7-19-8-9-22-23(14-19)42-22/h1,3-4,6-7,13,19,21-28,36H,2,5,8-12,14-17H2,(H,33,37). The predicted molar refractivity (Wildman–Crippen MR) is 152 cm³/mol. The molecule has 2 saturated carbocycles. The first-order chi connectivity index (χ1) is 21.5. The first kappa shape index (κ1) is 28.6. The van der Waals surface area contributed by atoms with Crippen molar-refractivity contribution in [1.82, 2.24) is 15.3 Å². The van der Waals surface area contributed by atoms with Crippen LogP contribution in [0.2, 0.25) is 0 Å². The van der Waals surface area contributed by atoms with Crippen molar-refractivity contribution in [2.75, 3.05) is 26.5 Å². The van der Waals surface area contributed by atoms with Crippen LogP contribution in [0, 0.1) is 11.3 Å². The molecule has 7 aliphatic rings. The van der Waals surface area contributed by atoms with E-state index in [0.29, 0.717) is 37.5 Å². The predicted octanol–water partition coefficient (Wildman–Crippen LogP) is 0.908. The Hall–Kier alpha value is -2.87. The highest BCUT2D eigenvalue weighted by molar-refractivity contribution is 5.96. The van der Waals surface area contributed by atoms with Gasteiger partial charge in [0.15, 0.2) is 6.04 Å². The second-order valence-corrected chi connectivity index (χ2v) is 13.2. The SMILES string of the molecule is O=C(NCCO)C1CCCN1C(=O)C12CC3OC(=O)C1N(Cc1cccc(C=CC4CCC5OC5C4)c1)OC2C1OCOC31. The second kappa shape index (κ2) is 11.2. The van der Waals surface area contributed by atoms with Gasteiger partial charge in [0.2, 0.25) is 11.8 Å². The Morgan fingerprint density at radius 3 is 2.86 bits per heavy atom. The Balaban J connectivity index is 1.07. The van der Waals surface area contributed by atoms with Crippen LogP contribution in [0.15, 0.2) is 30.3 Å². The summed E-state index contributed by atoms with van der Waals surface area (Å²) in [5.41, 5.74) is 0.687. The lowest BCUT2D eigenvalue weighted by atomic mass is 9.62. The molecule has 2 bridgehead atoms. The van der Waals surface area contributed by atoms with Crippen molar-refractivity contribution in [2.45, 2.75) is 93.8 Å². The number of hydrogen-bond donors (Lipinski definition) is 2. The number of amides is 2. The van der Waals surface area contributed by atoms with Crippen LogP contribution in [0.5, 0.6) is 0 Å². The largest absolute Gasteiger partial charge is 0.458 e. The van der Waals surface area contributed by atoms with Crippen LogP contribution in [-0.4, -0.2) is 108 Å². The summed E-state index contributed by atoms with van der Waals surface area (Å²) in [6.45, 7) is 0.600. The molecular weight excluding hydrogens is 570 g/mol. The smallest absolute Gasteiger partial charge is 0.327 e. The molecule has 5 heterocycles. The van der Waals surface area contributed by atoms with Gasteiger partial charge in [-0.25, -0.2) is 0 Å². The monoisotopic (exact) mass is 609 g/mol. The molecule has 1 aromatic rings. The lowest BCUT2D eigenvalue weighted by Gasteiger charge is -2.50. The molecule has 8 rings (SSSR count). The van der Waals surface area contributed by atoms with Crippen molar-refractivity contribution in [3.05, 3.63) is 41.5 Å². The van der Waals surface area contributed by atoms with E-state index in [4.69, 9.17) is 23.8 Å². The highest BCUT2D eigenvalue weighted by Gasteiger charge is 2.75. The third-order valence-electron chi connectivity index (χ3n) is 10.6. The second-order valence-electron chi connectivity index (χ2n) is 13.2. The van der Waals surface area contributed by atoms with Crippen LogP contribution in [0.25, 0.3) is 6.08 Å². The molecule has 5 aliphatic heterocycles. The number of benzene rings is 1. The number of hydroxylamine groups is 2. The summed E-state index contributed by atoms with van der Waals surface area (Å²) in [6.07, 6.45) is 7.48. The van der Waals surface area contributed by atoms with E-state index >= 15 is 0 Å². The minimum Gasteiger partial charge on any atom is -0.458 e. The summed E-state index contributed by atoms with van der Waals surface area (Å²) >= 11 is 0. The maximum Gasteiger partial charge on any atom is 0.327 e. The number of rotatable bonds is 8. The first-order valence-corrected chi connectivity index (χ1v) is 16.0. The van der Waals surface area contributed by atoms with Gasteiger partial charge in [-0.15, -0.1) is 0 Å². The summed E-state index contributed by atoms with van der Waals surface area (Å²) in [5.74, 6) is -0.623. The average Bonchev–Trinajstić information content (AvgIpc) is 3.35. The lowest BCUT2D eigenvalue weighted by Crippen LogP contribution is -2.70. The number of fused-ring (bicyclic) bond motifs is 5. The van der Waals surface area contributed by atoms with Crippen LogP contribution in [-0.2, 0) is 44.7 Å². The number of carbonyl (C=O) groups excluding carboxylic acids is 3. The highest BCUT2D eigenvalue weighted by atomic mass is 16.8. The molecule has 236 valence electrons. The number of esters is 1. The van der Waals surface area contributed by atoms with E-state index in [1.54, 1.807) is 9.96 Å². The van der Waals surface area contributed by atoms with E-state index in [1.165, 1.54) is 0 Å². The quantitative estimate of drug-likeness (QED) is 0.323. The fourth-order valence-electron chi connectivity index (χ4n) is 8.49. The van der Waals surface area contributed by atoms with E-state index < -0.39 is 47.9 Å². The van der Waals surface area contributed by atoms with Crippen LogP contribution < -0.4 is 5.32 Å². The Morgan fingerprint density at radius 2 is 2.00 bits per heavy atom. The fourth-order valence-corrected chi connectivity index (χ4v) is 8.49. The molecule has 1 aromatic carbocycles. The van der Waals surface area contributed by atoms with E-state index in [9.17, 15) is 19.5 Å². The van der Waals surface area contributed by atoms with Gasteiger partial charge in [-0.3, -0.25) is 19.2 Å². The fraction of sp³-hybridized carbons (Fsp3) is 0.656. The number of epoxide rings is 1. The molecule has 0 spiro atoms. The van der Waals surface area contributed by atoms with Gasteiger partial charge in [-0.05, 0) is 49.1 Å². The molecule has 5 saturated heterocycles. The van der Waals surface area contributed by atoms with Gasteiger partial charge in [-0.2, -0.15) is 5.06 Å². The minimum absolute atomic E-state index is 0.0248. The summed E-state index contributed by atoms with van der Waals surface area (Å²) in [7, 11) is 0. The molecule has 10 atom stereocenters. The van der Waals surface area contributed by atoms with Gasteiger partial charge in [0.05, 0.1) is 25.4 Å². The number of aliphatic hydroxyl groups excluding tert-OH is 1. The molecule has 2 aliphatic carbocycles. The van der Waals surface area contributed by atoms with E-state index in [2.05, 4.69) is 29.6 Å². The molecule has 2 N–H and O–H groups in total. The number of allylic oxidation sites excluding steroid dienone is 1. The maximum absolute atomic E-state index is 14.7. The van der Waals surface area contributed by atoms with Crippen LogP contribution in [0.4, 0.5) is 0 Å². The normalized spacial score (nSPS) is 40.5. The molecule has 0 aromatic heterocycles. The Labute approximate surface area is 255 Å². The topological polar surface area (TPSA) is 139 Å². The van der Waals surface area contributed by atoms with E-state index in [-0.39, 0.29) is 44.7 Å². The summed E-state index contributed by atoms with van der Waals surface area (Å²) in [6, 6.07) is 6.41. The number of likely N-dealkylation sites (tertiary alicyclic amines) is 1. The van der Waals surface area contributed by atoms with Crippen molar-refractivity contribution in [2.24, 2.45) is 11.3 Å². The van der Waals surface area contributed by atoms with Crippen LogP contribution in [0.1, 0.15) is 49.7 Å². The molecule has 12 heteroatoms. The third-order valence-corrected chi connectivity index (χ3v) is 10.6. The maximum atomic E-state index is 14.7. The molecule has 2 amide bonds. The van der Waals surface area contributed by atoms with Crippen LogP contribution >= 0.6 is 0 Å². The molecular formula is C32H39N3O9. The third kappa shape index (κ3) is 4.69. The van der Waals surface area contributed by atoms with Crippen molar-refractivity contribution < 1.29 is 43.3 Å². The zero-order valence-electron chi connectivity index (χ0n) is 24.5. The van der Waals surface area contributed by atoms with Crippen molar-refractivity contribution in [3.8, 4) is 0 Å². The zero-order chi connectivity index (χ0) is 30.0. The van der Waals surface area contributed by atoms with E-state index in [0.717, 1.165) is 30.4 Å². The lowest BCUT2D eigenvalue weighted by molar-refractivity contribution is -0.204. The molecule has 12 nitrogen and oxygen atoms in total. The van der Waals surface area contributed by atoms with Gasteiger partial charge in [0.25, 0.3) is 0 Å². The summed E-state index contributed by atoms with van der Waals surface area (Å²) < 4.78 is 23.4. The number of hydrogen-bond acceptors (Lipinski definition) is 10. The van der Waals surface area contributed by atoms with Crippen LogP contribution in [0.3, 0.4) is 0 Å². The Morgan fingerprint density at radius 1 is 1.11 bits per heavy atom. The number of carbonyl (C=O) groups is 3. The molecule has 0 radical (unpaired) electrons. The number of aliphatic hydroxyl groups is 1. The highest BCUT2D eigenvalue weighted by Crippen LogP contribution is 2.56. The number of ether oxygens (including phenoxy) is 4. The Bertz CT molecular complexity index is 1360. The molecule has 7 fully saturated rings. The van der Waals surface area contributed by atoms with E-state index in [1.807, 2.05) is 12.1 Å². The summed E-state index contributed by atoms with van der Waals surface area (Å²) in [4.78, 5) is 49.6. The van der Waals surface area contributed by atoms with Crippen molar-refractivity contribution in [3.63, 3.8) is 0 Å². The van der Waals surface area contributed by atoms with Gasteiger partial charge in [0.1, 0.15) is 42.7 Å². The Kier molecular flexibility index (Phi) is 7.27. The van der Waals surface area contributed by atoms with Gasteiger partial charge in [-0.1, -0.05) is 36.4 Å². The number of nitrogens with one attached hydrogen (secondary N) is 1. The van der Waals surface area contributed by atoms with Gasteiger partial charge < -0.3 is 34.3 Å². The zero-order valence-corrected chi connectivity index (χ0v) is 24.5. The number of nitrogens with zero attached hydrogens (tertiary/aromatic N) is 2. The summed E-state index contributed by atoms with van der Waals surface area (Å²) in [5, 5.41) is 13.5.